The van der Waals surface area contributed by atoms with Crippen LogP contribution in [-0.4, -0.2) is 19.7 Å². The molecule has 1 fully saturated rings. The van der Waals surface area contributed by atoms with Crippen LogP contribution < -0.4 is 5.32 Å². The monoisotopic (exact) mass is 188 g/mol. The van der Waals surface area contributed by atoms with Gasteiger partial charge in [-0.25, -0.2) is 0 Å². The van der Waals surface area contributed by atoms with E-state index < -0.39 is 0 Å². The number of nitriles is 1. The van der Waals surface area contributed by atoms with Gasteiger partial charge in [-0.05, 0) is 11.6 Å². The molecule has 1 unspecified atom stereocenters. The molecule has 72 valence electrons. The molecule has 1 saturated heterocycles. The minimum atomic E-state index is 0.0274. The Kier molecular flexibility index (Phi) is 2.78. The van der Waals surface area contributed by atoms with Gasteiger partial charge in [0.15, 0.2) is 0 Å². The molecule has 1 N–H and O–H groups in total. The fraction of sp³-hybridized carbons (Fsp3) is 0.364. The van der Waals surface area contributed by atoms with Crippen LogP contribution in [0.4, 0.5) is 0 Å². The van der Waals surface area contributed by atoms with Gasteiger partial charge in [0.1, 0.15) is 0 Å². The molecule has 14 heavy (non-hydrogen) atoms. The number of hydrogen-bond acceptors (Lipinski definition) is 3. The van der Waals surface area contributed by atoms with E-state index in [9.17, 15) is 0 Å². The molecular formula is C11H12N2O. The van der Waals surface area contributed by atoms with Gasteiger partial charge in [-0.3, -0.25) is 0 Å². The van der Waals surface area contributed by atoms with Crippen LogP contribution in [0.2, 0.25) is 0 Å². The SMILES string of the molecule is N#Cc1ccccc1C1CNCCO1. The first-order valence-electron chi connectivity index (χ1n) is 4.73. The molecule has 1 aliphatic heterocycles. The van der Waals surface area contributed by atoms with E-state index >= 15 is 0 Å². The minimum absolute atomic E-state index is 0.0274. The first-order chi connectivity index (χ1) is 6.92. The van der Waals surface area contributed by atoms with E-state index in [1.54, 1.807) is 0 Å². The van der Waals surface area contributed by atoms with Crippen molar-refractivity contribution >= 4 is 0 Å². The maximum atomic E-state index is 8.92. The fourth-order valence-electron chi connectivity index (χ4n) is 1.64. The maximum absolute atomic E-state index is 8.92. The molecule has 1 aromatic carbocycles. The molecule has 0 saturated carbocycles. The van der Waals surface area contributed by atoms with Crippen molar-refractivity contribution in [3.63, 3.8) is 0 Å². The van der Waals surface area contributed by atoms with E-state index in [1.807, 2.05) is 24.3 Å². The Labute approximate surface area is 83.3 Å². The van der Waals surface area contributed by atoms with Crippen LogP contribution >= 0.6 is 0 Å². The van der Waals surface area contributed by atoms with E-state index in [2.05, 4.69) is 11.4 Å². The molecule has 0 radical (unpaired) electrons. The van der Waals surface area contributed by atoms with Crippen molar-refractivity contribution in [1.29, 1.82) is 5.26 Å². The highest BCUT2D eigenvalue weighted by Crippen LogP contribution is 2.21. The Bertz CT molecular complexity index is 351. The Balaban J connectivity index is 2.26. The van der Waals surface area contributed by atoms with Crippen molar-refractivity contribution in [2.75, 3.05) is 19.7 Å². The molecular weight excluding hydrogens is 176 g/mol. The van der Waals surface area contributed by atoms with Gasteiger partial charge < -0.3 is 10.1 Å². The summed E-state index contributed by atoms with van der Waals surface area (Å²) in [6.45, 7) is 2.40. The Hall–Kier alpha value is -1.37. The molecule has 1 heterocycles. The number of hydrogen-bond donors (Lipinski definition) is 1. The van der Waals surface area contributed by atoms with Gasteiger partial charge in [0, 0.05) is 13.1 Å². The second-order valence-electron chi connectivity index (χ2n) is 3.26. The highest BCUT2D eigenvalue weighted by atomic mass is 16.5. The second kappa shape index (κ2) is 4.23. The molecule has 1 aromatic rings. The van der Waals surface area contributed by atoms with Gasteiger partial charge in [0.25, 0.3) is 0 Å². The van der Waals surface area contributed by atoms with Crippen molar-refractivity contribution in [3.8, 4) is 6.07 Å². The average molecular weight is 188 g/mol. The second-order valence-corrected chi connectivity index (χ2v) is 3.26. The highest BCUT2D eigenvalue weighted by Gasteiger charge is 2.17. The molecule has 3 nitrogen and oxygen atoms in total. The number of nitrogens with one attached hydrogen (secondary N) is 1. The van der Waals surface area contributed by atoms with Crippen LogP contribution in [0.5, 0.6) is 0 Å². The Morgan fingerprint density at radius 2 is 2.29 bits per heavy atom. The molecule has 0 amide bonds. The first-order valence-corrected chi connectivity index (χ1v) is 4.73. The standard InChI is InChI=1S/C11H12N2O/c12-7-9-3-1-2-4-10(9)11-8-13-5-6-14-11/h1-4,11,13H,5-6,8H2. The third kappa shape index (κ3) is 1.77. The third-order valence-electron chi connectivity index (χ3n) is 2.36. The topological polar surface area (TPSA) is 45.0 Å². The van der Waals surface area contributed by atoms with Crippen LogP contribution in [0.15, 0.2) is 24.3 Å². The number of rotatable bonds is 1. The lowest BCUT2D eigenvalue weighted by Crippen LogP contribution is -2.33. The van der Waals surface area contributed by atoms with Crippen molar-refractivity contribution in [3.05, 3.63) is 35.4 Å². The summed E-state index contributed by atoms with van der Waals surface area (Å²) in [5.41, 5.74) is 1.70. The summed E-state index contributed by atoms with van der Waals surface area (Å²) >= 11 is 0. The van der Waals surface area contributed by atoms with Crippen molar-refractivity contribution in [1.82, 2.24) is 5.32 Å². The average Bonchev–Trinajstić information content (AvgIpc) is 2.30. The van der Waals surface area contributed by atoms with Crippen LogP contribution in [-0.2, 0) is 4.74 Å². The predicted octanol–water partition coefficient (Wildman–Crippen LogP) is 1.22. The first kappa shape index (κ1) is 9.20. The predicted molar refractivity (Wildman–Crippen MR) is 52.7 cm³/mol. The summed E-state index contributed by atoms with van der Waals surface area (Å²) in [4.78, 5) is 0. The van der Waals surface area contributed by atoms with Crippen molar-refractivity contribution < 1.29 is 4.74 Å². The van der Waals surface area contributed by atoms with E-state index in [4.69, 9.17) is 10.00 Å². The largest absolute Gasteiger partial charge is 0.371 e. The fourth-order valence-corrected chi connectivity index (χ4v) is 1.64. The van der Waals surface area contributed by atoms with E-state index in [1.165, 1.54) is 0 Å². The summed E-state index contributed by atoms with van der Waals surface area (Å²) in [5.74, 6) is 0. The third-order valence-corrected chi connectivity index (χ3v) is 2.36. The summed E-state index contributed by atoms with van der Waals surface area (Å²) in [7, 11) is 0. The number of ether oxygens (including phenoxy) is 1. The summed E-state index contributed by atoms with van der Waals surface area (Å²) in [6, 6.07) is 9.78. The zero-order chi connectivity index (χ0) is 9.80. The zero-order valence-corrected chi connectivity index (χ0v) is 7.86. The zero-order valence-electron chi connectivity index (χ0n) is 7.86. The molecule has 0 aliphatic carbocycles. The van der Waals surface area contributed by atoms with Crippen molar-refractivity contribution in [2.24, 2.45) is 0 Å². The highest BCUT2D eigenvalue weighted by molar-refractivity contribution is 5.39. The lowest BCUT2D eigenvalue weighted by Gasteiger charge is -2.24. The number of benzene rings is 1. The quantitative estimate of drug-likeness (QED) is 0.720. The lowest BCUT2D eigenvalue weighted by atomic mass is 10.0. The van der Waals surface area contributed by atoms with Gasteiger partial charge in [-0.1, -0.05) is 18.2 Å². The van der Waals surface area contributed by atoms with Gasteiger partial charge in [-0.15, -0.1) is 0 Å². The smallest absolute Gasteiger partial charge is 0.0995 e. The normalized spacial score (nSPS) is 21.5. The van der Waals surface area contributed by atoms with E-state index in [0.29, 0.717) is 12.2 Å². The van der Waals surface area contributed by atoms with Gasteiger partial charge in [-0.2, -0.15) is 5.26 Å². The molecule has 0 spiro atoms. The summed E-state index contributed by atoms with van der Waals surface area (Å²) in [6.07, 6.45) is 0.0274. The molecule has 2 rings (SSSR count). The summed E-state index contributed by atoms with van der Waals surface area (Å²) in [5, 5.41) is 12.2. The molecule has 3 heteroatoms. The molecule has 1 atom stereocenters. The lowest BCUT2D eigenvalue weighted by molar-refractivity contribution is 0.0275. The maximum Gasteiger partial charge on any atom is 0.0995 e. The van der Waals surface area contributed by atoms with Crippen LogP contribution in [0.1, 0.15) is 17.2 Å². The summed E-state index contributed by atoms with van der Waals surface area (Å²) < 4.78 is 5.59. The van der Waals surface area contributed by atoms with Crippen LogP contribution in [0, 0.1) is 11.3 Å². The molecule has 0 aromatic heterocycles. The van der Waals surface area contributed by atoms with Crippen LogP contribution in [0.3, 0.4) is 0 Å². The number of nitrogens with zero attached hydrogens (tertiary/aromatic N) is 1. The van der Waals surface area contributed by atoms with Crippen LogP contribution in [0.25, 0.3) is 0 Å². The Morgan fingerprint density at radius 3 is 3.00 bits per heavy atom. The Morgan fingerprint density at radius 1 is 1.43 bits per heavy atom. The van der Waals surface area contributed by atoms with Crippen molar-refractivity contribution in [2.45, 2.75) is 6.10 Å². The van der Waals surface area contributed by atoms with Gasteiger partial charge in [0.05, 0.1) is 24.3 Å². The van der Waals surface area contributed by atoms with E-state index in [0.717, 1.165) is 18.7 Å². The van der Waals surface area contributed by atoms with Gasteiger partial charge in [0.2, 0.25) is 0 Å². The number of morpholine rings is 1. The minimum Gasteiger partial charge on any atom is -0.371 e. The molecule has 1 aliphatic rings. The van der Waals surface area contributed by atoms with Gasteiger partial charge >= 0.3 is 0 Å². The van der Waals surface area contributed by atoms with E-state index in [-0.39, 0.29) is 6.10 Å². The molecule has 0 bridgehead atoms.